The van der Waals surface area contributed by atoms with E-state index in [2.05, 4.69) is 36.2 Å². The molecule has 0 saturated heterocycles. The van der Waals surface area contributed by atoms with Crippen molar-refractivity contribution in [3.63, 3.8) is 0 Å². The van der Waals surface area contributed by atoms with E-state index in [4.69, 9.17) is 14.2 Å². The first-order valence-corrected chi connectivity index (χ1v) is 9.88. The van der Waals surface area contributed by atoms with E-state index in [9.17, 15) is 9.59 Å². The quantitative estimate of drug-likeness (QED) is 0.506. The van der Waals surface area contributed by atoms with Gasteiger partial charge in [-0.1, -0.05) is 18.2 Å². The van der Waals surface area contributed by atoms with Crippen LogP contribution in [0.3, 0.4) is 0 Å². The smallest absolute Gasteiger partial charge is 0.331 e. The molecule has 1 aliphatic heterocycles. The van der Waals surface area contributed by atoms with Crippen LogP contribution in [0.25, 0.3) is 6.08 Å². The number of fused-ring (bicyclic) bond motifs is 1. The number of amides is 1. The van der Waals surface area contributed by atoms with Gasteiger partial charge in [-0.2, -0.15) is 0 Å². The summed E-state index contributed by atoms with van der Waals surface area (Å²) in [4.78, 5) is 26.0. The molecule has 3 rings (SSSR count). The molecule has 1 N–H and O–H groups in total. The maximum Gasteiger partial charge on any atom is 0.331 e. The molecular weight excluding hydrogens is 384 g/mol. The molecule has 2 aromatic rings. The first kappa shape index (κ1) is 21.2. The van der Waals surface area contributed by atoms with Gasteiger partial charge >= 0.3 is 5.97 Å². The lowest BCUT2D eigenvalue weighted by molar-refractivity contribution is -0.143. The Hall–Kier alpha value is -3.48. The molecule has 0 spiro atoms. The second kappa shape index (κ2) is 10.3. The first-order chi connectivity index (χ1) is 14.5. The number of hydrogen-bond donors (Lipinski definition) is 1. The van der Waals surface area contributed by atoms with E-state index < -0.39 is 5.97 Å². The average molecular weight is 410 g/mol. The minimum absolute atomic E-state index is 0.195. The summed E-state index contributed by atoms with van der Waals surface area (Å²) in [7, 11) is 0. The van der Waals surface area contributed by atoms with Crippen LogP contribution < -0.4 is 19.7 Å². The summed E-state index contributed by atoms with van der Waals surface area (Å²) in [6.45, 7) is 5.96. The van der Waals surface area contributed by atoms with Crippen molar-refractivity contribution < 1.29 is 23.8 Å². The van der Waals surface area contributed by atoms with Crippen LogP contribution in [0.1, 0.15) is 18.1 Å². The summed E-state index contributed by atoms with van der Waals surface area (Å²) in [5.41, 5.74) is 3.08. The highest BCUT2D eigenvalue weighted by molar-refractivity contribution is 5.89. The number of hydrogen-bond acceptors (Lipinski definition) is 6. The molecule has 0 saturated carbocycles. The molecule has 0 bridgehead atoms. The van der Waals surface area contributed by atoms with E-state index >= 15 is 0 Å². The van der Waals surface area contributed by atoms with Crippen LogP contribution in [0, 0.1) is 6.92 Å². The predicted octanol–water partition coefficient (Wildman–Crippen LogP) is 2.92. The standard InChI is InChI=1S/C23H26N2O5/c1-3-25(19-6-4-5-17(2)13-19)12-11-24-22(26)15-28-23(27)10-8-18-7-9-20-21(14-18)30-16-29-20/h4-10,13-14H,3,11-12,15-16H2,1-2H3,(H,24,26)/b10-8+. The van der Waals surface area contributed by atoms with Crippen LogP contribution in [0.4, 0.5) is 5.69 Å². The number of aryl methyl sites for hydroxylation is 1. The Labute approximate surface area is 176 Å². The fourth-order valence-corrected chi connectivity index (χ4v) is 3.04. The minimum Gasteiger partial charge on any atom is -0.454 e. The fraction of sp³-hybridized carbons (Fsp3) is 0.304. The van der Waals surface area contributed by atoms with Gasteiger partial charge in [0.15, 0.2) is 18.1 Å². The third kappa shape index (κ3) is 6.01. The van der Waals surface area contributed by atoms with E-state index in [1.54, 1.807) is 24.3 Å². The topological polar surface area (TPSA) is 77.1 Å². The SMILES string of the molecule is CCN(CCNC(=O)COC(=O)/C=C/c1ccc2c(c1)OCO2)c1cccc(C)c1. The number of rotatable bonds is 9. The maximum atomic E-state index is 11.9. The van der Waals surface area contributed by atoms with Crippen LogP contribution >= 0.6 is 0 Å². The summed E-state index contributed by atoms with van der Waals surface area (Å²) in [6.07, 6.45) is 2.88. The average Bonchev–Trinajstić information content (AvgIpc) is 3.21. The van der Waals surface area contributed by atoms with Gasteiger partial charge in [0, 0.05) is 31.4 Å². The van der Waals surface area contributed by atoms with Crippen LogP contribution in [0.15, 0.2) is 48.5 Å². The molecule has 1 amide bonds. The first-order valence-electron chi connectivity index (χ1n) is 9.88. The van der Waals surface area contributed by atoms with Crippen molar-refractivity contribution >= 4 is 23.6 Å². The molecule has 0 aliphatic carbocycles. The normalized spacial score (nSPS) is 12.1. The van der Waals surface area contributed by atoms with Gasteiger partial charge in [-0.25, -0.2) is 4.79 Å². The Bertz CT molecular complexity index is 926. The zero-order valence-corrected chi connectivity index (χ0v) is 17.2. The lowest BCUT2D eigenvalue weighted by atomic mass is 10.2. The lowest BCUT2D eigenvalue weighted by Crippen LogP contribution is -2.36. The number of benzene rings is 2. The zero-order valence-electron chi connectivity index (χ0n) is 17.2. The van der Waals surface area contributed by atoms with E-state index in [0.717, 1.165) is 17.8 Å². The fourth-order valence-electron chi connectivity index (χ4n) is 3.04. The number of ether oxygens (including phenoxy) is 3. The van der Waals surface area contributed by atoms with Crippen LogP contribution in [-0.4, -0.2) is 44.9 Å². The number of carbonyl (C=O) groups is 2. The zero-order chi connectivity index (χ0) is 21.3. The second-order valence-corrected chi connectivity index (χ2v) is 6.82. The molecule has 0 radical (unpaired) electrons. The van der Waals surface area contributed by atoms with Gasteiger partial charge in [-0.05, 0) is 55.3 Å². The third-order valence-electron chi connectivity index (χ3n) is 4.61. The van der Waals surface area contributed by atoms with Crippen molar-refractivity contribution in [3.05, 3.63) is 59.7 Å². The van der Waals surface area contributed by atoms with E-state index in [0.29, 0.717) is 24.6 Å². The second-order valence-electron chi connectivity index (χ2n) is 6.82. The van der Waals surface area contributed by atoms with E-state index in [1.165, 1.54) is 11.6 Å². The number of nitrogens with zero attached hydrogens (tertiary/aromatic N) is 1. The summed E-state index contributed by atoms with van der Waals surface area (Å²) in [5.74, 6) is 0.394. The molecule has 158 valence electrons. The van der Waals surface area contributed by atoms with Gasteiger partial charge in [0.2, 0.25) is 6.79 Å². The summed E-state index contributed by atoms with van der Waals surface area (Å²) < 4.78 is 15.5. The van der Waals surface area contributed by atoms with Crippen molar-refractivity contribution in [3.8, 4) is 11.5 Å². The van der Waals surface area contributed by atoms with Crippen molar-refractivity contribution in [1.29, 1.82) is 0 Å². The molecule has 0 fully saturated rings. The molecule has 2 aromatic carbocycles. The number of likely N-dealkylation sites (N-methyl/N-ethyl adjacent to an activating group) is 1. The Morgan fingerprint density at radius 1 is 1.17 bits per heavy atom. The Kier molecular flexibility index (Phi) is 7.32. The molecule has 7 heteroatoms. The van der Waals surface area contributed by atoms with Crippen molar-refractivity contribution in [1.82, 2.24) is 5.32 Å². The lowest BCUT2D eigenvalue weighted by Gasteiger charge is -2.23. The molecule has 30 heavy (non-hydrogen) atoms. The van der Waals surface area contributed by atoms with Crippen molar-refractivity contribution in [2.45, 2.75) is 13.8 Å². The van der Waals surface area contributed by atoms with Gasteiger partial charge in [0.05, 0.1) is 0 Å². The monoisotopic (exact) mass is 410 g/mol. The minimum atomic E-state index is -0.585. The number of esters is 1. The number of nitrogens with one attached hydrogen (secondary N) is 1. The molecule has 7 nitrogen and oxygen atoms in total. The van der Waals surface area contributed by atoms with Crippen molar-refractivity contribution in [2.24, 2.45) is 0 Å². The summed E-state index contributed by atoms with van der Waals surface area (Å²) in [5, 5.41) is 2.78. The summed E-state index contributed by atoms with van der Waals surface area (Å²) >= 11 is 0. The Morgan fingerprint density at radius 3 is 2.80 bits per heavy atom. The number of anilines is 1. The molecule has 1 aliphatic rings. The molecule has 0 unspecified atom stereocenters. The van der Waals surface area contributed by atoms with Crippen LogP contribution in [0.2, 0.25) is 0 Å². The maximum absolute atomic E-state index is 11.9. The Balaban J connectivity index is 1.38. The largest absolute Gasteiger partial charge is 0.454 e. The highest BCUT2D eigenvalue weighted by Crippen LogP contribution is 2.32. The van der Waals surface area contributed by atoms with E-state index in [1.807, 2.05) is 12.1 Å². The van der Waals surface area contributed by atoms with Crippen LogP contribution in [0.5, 0.6) is 11.5 Å². The Morgan fingerprint density at radius 2 is 2.00 bits per heavy atom. The van der Waals surface area contributed by atoms with Gasteiger partial charge in [0.25, 0.3) is 5.91 Å². The van der Waals surface area contributed by atoms with Gasteiger partial charge < -0.3 is 24.4 Å². The van der Waals surface area contributed by atoms with Gasteiger partial charge in [-0.15, -0.1) is 0 Å². The highest BCUT2D eigenvalue weighted by Gasteiger charge is 2.12. The molecular formula is C23H26N2O5. The molecule has 0 aromatic heterocycles. The molecule has 0 atom stereocenters. The predicted molar refractivity (Wildman–Crippen MR) is 115 cm³/mol. The van der Waals surface area contributed by atoms with Crippen molar-refractivity contribution in [2.75, 3.05) is 37.9 Å². The highest BCUT2D eigenvalue weighted by atomic mass is 16.7. The number of carbonyl (C=O) groups excluding carboxylic acids is 2. The van der Waals surface area contributed by atoms with E-state index in [-0.39, 0.29) is 19.3 Å². The third-order valence-corrected chi connectivity index (χ3v) is 4.61. The van der Waals surface area contributed by atoms with Crippen LogP contribution in [-0.2, 0) is 14.3 Å². The van der Waals surface area contributed by atoms with Gasteiger partial charge in [-0.3, -0.25) is 4.79 Å². The molecule has 1 heterocycles. The van der Waals surface area contributed by atoms with Gasteiger partial charge in [0.1, 0.15) is 0 Å². The summed E-state index contributed by atoms with van der Waals surface area (Å²) in [6, 6.07) is 13.6.